The fourth-order valence-corrected chi connectivity index (χ4v) is 4.39. The van der Waals surface area contributed by atoms with Crippen molar-refractivity contribution in [3.8, 4) is 5.75 Å². The average Bonchev–Trinajstić information content (AvgIpc) is 2.95. The number of carbonyl (C=O) groups excluding carboxylic acids is 2. The van der Waals surface area contributed by atoms with Gasteiger partial charge in [-0.25, -0.2) is 0 Å². The Morgan fingerprint density at radius 2 is 2.03 bits per heavy atom. The molecule has 0 radical (unpaired) electrons. The molecule has 5 nitrogen and oxygen atoms in total. The fraction of sp³-hybridized carbons (Fsp3) is 0.150. The molecule has 0 unspecified atom stereocenters. The molecule has 1 saturated heterocycles. The second kappa shape index (κ2) is 9.63. The molecule has 2 aromatic carbocycles. The number of thioether (sulfide) groups is 1. The first-order chi connectivity index (χ1) is 13.9. The van der Waals surface area contributed by atoms with Crippen molar-refractivity contribution in [2.75, 3.05) is 19.0 Å². The number of methoxy groups -OCH3 is 1. The summed E-state index contributed by atoms with van der Waals surface area (Å²) in [5, 5.41) is 3.53. The second-order valence-electron chi connectivity index (χ2n) is 6.00. The zero-order valence-corrected chi connectivity index (χ0v) is 18.4. The van der Waals surface area contributed by atoms with Gasteiger partial charge in [-0.2, -0.15) is 0 Å². The number of nitrogens with one attached hydrogen (secondary N) is 1. The Kier molecular flexibility index (Phi) is 7.18. The van der Waals surface area contributed by atoms with E-state index in [0.717, 1.165) is 5.56 Å². The number of halogens is 2. The molecule has 0 aromatic heterocycles. The fourth-order valence-electron chi connectivity index (χ4n) is 2.64. The predicted molar refractivity (Wildman–Crippen MR) is 123 cm³/mol. The lowest BCUT2D eigenvalue weighted by Gasteiger charge is -2.14. The molecular weight excluding hydrogens is 451 g/mol. The van der Waals surface area contributed by atoms with Gasteiger partial charge in [0.15, 0.2) is 0 Å². The van der Waals surface area contributed by atoms with Crippen LogP contribution in [0.2, 0.25) is 10.0 Å². The monoisotopic (exact) mass is 466 g/mol. The number of nitrogens with zero attached hydrogens (tertiary/aromatic N) is 1. The van der Waals surface area contributed by atoms with Crippen LogP contribution in [0.25, 0.3) is 6.08 Å². The average molecular weight is 467 g/mol. The van der Waals surface area contributed by atoms with Crippen LogP contribution in [0.5, 0.6) is 5.75 Å². The Labute approximate surface area is 188 Å². The van der Waals surface area contributed by atoms with Crippen molar-refractivity contribution >= 4 is 75.1 Å². The number of hydrogen-bond donors (Lipinski definition) is 1. The molecule has 1 heterocycles. The molecule has 2 amide bonds. The summed E-state index contributed by atoms with van der Waals surface area (Å²) < 4.78 is 5.72. The van der Waals surface area contributed by atoms with Crippen LogP contribution in [0, 0.1) is 0 Å². The van der Waals surface area contributed by atoms with E-state index in [2.05, 4.69) is 5.32 Å². The van der Waals surface area contributed by atoms with Crippen molar-refractivity contribution < 1.29 is 14.3 Å². The lowest BCUT2D eigenvalue weighted by atomic mass is 10.2. The van der Waals surface area contributed by atoms with Crippen LogP contribution in [0.3, 0.4) is 0 Å². The van der Waals surface area contributed by atoms with E-state index < -0.39 is 0 Å². The number of benzene rings is 2. The molecule has 0 bridgehead atoms. The molecule has 1 aliphatic rings. The maximum Gasteiger partial charge on any atom is 0.266 e. The van der Waals surface area contributed by atoms with Gasteiger partial charge in [0.05, 0.1) is 22.7 Å². The summed E-state index contributed by atoms with van der Waals surface area (Å²) in [5.74, 6) is 0.150. The highest BCUT2D eigenvalue weighted by Gasteiger charge is 2.32. The SMILES string of the molecule is COc1ccccc1/C=C1\SC(=S)N(CCC(=O)Nc2ccc(Cl)cc2Cl)C1=O. The molecule has 3 rings (SSSR count). The molecule has 0 spiro atoms. The minimum atomic E-state index is -0.281. The third-order valence-corrected chi connectivity index (χ3v) is 5.99. The molecule has 1 aliphatic heterocycles. The summed E-state index contributed by atoms with van der Waals surface area (Å²) in [6, 6.07) is 12.2. The standard InChI is InChI=1S/C20H16Cl2N2O3S2/c1-27-16-5-3-2-4-12(16)10-17-19(26)24(20(28)29-17)9-8-18(25)23-15-7-6-13(21)11-14(15)22/h2-7,10-11H,8-9H2,1H3,(H,23,25)/b17-10-. The number of thiocarbonyl (C=S) groups is 1. The quantitative estimate of drug-likeness (QED) is 0.466. The first kappa shape index (κ1) is 21.6. The van der Waals surface area contributed by atoms with Gasteiger partial charge in [0, 0.05) is 23.6 Å². The third-order valence-electron chi connectivity index (χ3n) is 4.07. The number of rotatable bonds is 6. The van der Waals surface area contributed by atoms with E-state index in [4.69, 9.17) is 40.2 Å². The first-order valence-electron chi connectivity index (χ1n) is 8.52. The summed E-state index contributed by atoms with van der Waals surface area (Å²) in [6.45, 7) is 0.172. The van der Waals surface area contributed by atoms with E-state index in [1.165, 1.54) is 16.7 Å². The van der Waals surface area contributed by atoms with E-state index in [1.54, 1.807) is 31.4 Å². The lowest BCUT2D eigenvalue weighted by molar-refractivity contribution is -0.122. The van der Waals surface area contributed by atoms with E-state index in [9.17, 15) is 9.59 Å². The van der Waals surface area contributed by atoms with Crippen LogP contribution in [0.1, 0.15) is 12.0 Å². The Hall–Kier alpha value is -2.06. The minimum absolute atomic E-state index is 0.0767. The zero-order valence-electron chi connectivity index (χ0n) is 15.3. The van der Waals surface area contributed by atoms with Gasteiger partial charge in [0.1, 0.15) is 10.1 Å². The van der Waals surface area contributed by atoms with Crippen LogP contribution < -0.4 is 10.1 Å². The number of hydrogen-bond acceptors (Lipinski definition) is 5. The molecule has 1 N–H and O–H groups in total. The van der Waals surface area contributed by atoms with Crippen LogP contribution in [0.15, 0.2) is 47.4 Å². The third kappa shape index (κ3) is 5.30. The van der Waals surface area contributed by atoms with E-state index in [0.29, 0.717) is 30.7 Å². The topological polar surface area (TPSA) is 58.6 Å². The van der Waals surface area contributed by atoms with Gasteiger partial charge in [-0.3, -0.25) is 14.5 Å². The normalized spacial score (nSPS) is 15.1. The number of anilines is 1. The summed E-state index contributed by atoms with van der Waals surface area (Å²) in [7, 11) is 1.57. The summed E-state index contributed by atoms with van der Waals surface area (Å²) in [4.78, 5) is 26.9. The molecule has 0 saturated carbocycles. The van der Waals surface area contributed by atoms with Gasteiger partial charge >= 0.3 is 0 Å². The minimum Gasteiger partial charge on any atom is -0.496 e. The van der Waals surface area contributed by atoms with Gasteiger partial charge in [-0.15, -0.1) is 0 Å². The van der Waals surface area contributed by atoms with Crippen molar-refractivity contribution in [3.05, 3.63) is 63.0 Å². The van der Waals surface area contributed by atoms with Crippen LogP contribution >= 0.6 is 47.2 Å². The van der Waals surface area contributed by atoms with Crippen LogP contribution in [-0.4, -0.2) is 34.7 Å². The van der Waals surface area contributed by atoms with Gasteiger partial charge in [0.2, 0.25) is 5.91 Å². The predicted octanol–water partition coefficient (Wildman–Crippen LogP) is 5.23. The smallest absolute Gasteiger partial charge is 0.266 e. The summed E-state index contributed by atoms with van der Waals surface area (Å²) >= 11 is 18.4. The Morgan fingerprint density at radius 3 is 2.76 bits per heavy atom. The highest BCUT2D eigenvalue weighted by atomic mass is 35.5. The molecular formula is C20H16Cl2N2O3S2. The van der Waals surface area contributed by atoms with Crippen molar-refractivity contribution in [1.29, 1.82) is 0 Å². The van der Waals surface area contributed by atoms with Gasteiger partial charge in [0.25, 0.3) is 5.91 Å². The van der Waals surface area contributed by atoms with E-state index in [1.807, 2.05) is 24.3 Å². The Bertz CT molecular complexity index is 1010. The number of carbonyl (C=O) groups is 2. The summed E-state index contributed by atoms with van der Waals surface area (Å²) in [6.07, 6.45) is 1.82. The van der Waals surface area contributed by atoms with Crippen molar-refractivity contribution in [2.24, 2.45) is 0 Å². The number of para-hydroxylation sites is 1. The maximum absolute atomic E-state index is 12.7. The molecule has 150 valence electrons. The van der Waals surface area contributed by atoms with Gasteiger partial charge < -0.3 is 10.1 Å². The highest BCUT2D eigenvalue weighted by molar-refractivity contribution is 8.26. The molecule has 9 heteroatoms. The molecule has 0 aliphatic carbocycles. The largest absolute Gasteiger partial charge is 0.496 e. The van der Waals surface area contributed by atoms with Crippen molar-refractivity contribution in [3.63, 3.8) is 0 Å². The second-order valence-corrected chi connectivity index (χ2v) is 8.52. The first-order valence-corrected chi connectivity index (χ1v) is 10.5. The Morgan fingerprint density at radius 1 is 1.28 bits per heavy atom. The van der Waals surface area contributed by atoms with Gasteiger partial charge in [-0.1, -0.05) is 65.4 Å². The zero-order chi connectivity index (χ0) is 21.0. The molecule has 29 heavy (non-hydrogen) atoms. The van der Waals surface area contributed by atoms with Gasteiger partial charge in [-0.05, 0) is 30.3 Å². The maximum atomic E-state index is 12.7. The molecule has 1 fully saturated rings. The summed E-state index contributed by atoms with van der Waals surface area (Å²) in [5.41, 5.74) is 1.24. The van der Waals surface area contributed by atoms with Crippen LogP contribution in [-0.2, 0) is 9.59 Å². The Balaban J connectivity index is 1.64. The lowest BCUT2D eigenvalue weighted by Crippen LogP contribution is -2.31. The van der Waals surface area contributed by atoms with Crippen molar-refractivity contribution in [1.82, 2.24) is 4.90 Å². The van der Waals surface area contributed by atoms with Crippen LogP contribution in [0.4, 0.5) is 5.69 Å². The molecule has 0 atom stereocenters. The molecule has 2 aromatic rings. The van der Waals surface area contributed by atoms with Crippen molar-refractivity contribution in [2.45, 2.75) is 6.42 Å². The van der Waals surface area contributed by atoms with E-state index >= 15 is 0 Å². The number of ether oxygens (including phenoxy) is 1. The number of amides is 2. The highest BCUT2D eigenvalue weighted by Crippen LogP contribution is 2.34. The van der Waals surface area contributed by atoms with E-state index in [-0.39, 0.29) is 24.8 Å².